The Hall–Kier alpha value is -1.26. The van der Waals surface area contributed by atoms with Gasteiger partial charge >= 0.3 is 11.9 Å². The van der Waals surface area contributed by atoms with E-state index in [1.54, 1.807) is 5.48 Å². The first kappa shape index (κ1) is 23.0. The van der Waals surface area contributed by atoms with Gasteiger partial charge in [0.15, 0.2) is 0 Å². The Kier molecular flexibility index (Phi) is 16.9. The second kappa shape index (κ2) is 16.1. The normalized spacial score (nSPS) is 12.9. The molecule has 0 aromatic rings. The number of nitrogens with one attached hydrogen (secondary N) is 2. The van der Waals surface area contributed by atoms with Crippen LogP contribution in [0.3, 0.4) is 0 Å². The van der Waals surface area contributed by atoms with Crippen LogP contribution in [0.1, 0.15) is 38.5 Å². The summed E-state index contributed by atoms with van der Waals surface area (Å²) >= 11 is 0. The maximum absolute atomic E-state index is 10.3. The zero-order chi connectivity index (χ0) is 17.4. The summed E-state index contributed by atoms with van der Waals surface area (Å²) in [6.07, 6.45) is 4.32. The van der Waals surface area contributed by atoms with E-state index < -0.39 is 24.0 Å². The molecule has 9 heteroatoms. The van der Waals surface area contributed by atoms with Gasteiger partial charge in [-0.25, -0.2) is 0 Å². The van der Waals surface area contributed by atoms with Gasteiger partial charge in [0, 0.05) is 0 Å². The Morgan fingerprint density at radius 1 is 1.05 bits per heavy atom. The molecule has 9 N–H and O–H groups in total. The van der Waals surface area contributed by atoms with Crippen molar-refractivity contribution < 1.29 is 25.0 Å². The van der Waals surface area contributed by atoms with E-state index >= 15 is 0 Å². The van der Waals surface area contributed by atoms with Crippen molar-refractivity contribution in [3.05, 3.63) is 0 Å². The van der Waals surface area contributed by atoms with E-state index in [2.05, 4.69) is 5.32 Å². The Labute approximate surface area is 131 Å². The summed E-state index contributed by atoms with van der Waals surface area (Å²) in [5.41, 5.74) is 12.2. The minimum absolute atomic E-state index is 0.406. The van der Waals surface area contributed by atoms with E-state index in [0.29, 0.717) is 25.8 Å². The molecule has 0 radical (unpaired) electrons. The van der Waals surface area contributed by atoms with Crippen LogP contribution in [-0.4, -0.2) is 59.6 Å². The molecule has 0 aliphatic carbocycles. The zero-order valence-electron chi connectivity index (χ0n) is 13.1. The standard InChI is InChI=1S/C7H16N2O2.C6H14N2O3/c1-9-5-3-2-4-6(8)7(10)11;7-4-2-1-3-5(8-11)6(9)10/h6,9H,2-5,8H2,1H3,(H,10,11);5,8,11H,1-4,7H2,(H,9,10)/t6-;5-/m00/s1. The molecular weight excluding hydrogens is 292 g/mol. The van der Waals surface area contributed by atoms with Crippen LogP contribution in [0.15, 0.2) is 0 Å². The summed E-state index contributed by atoms with van der Waals surface area (Å²) in [6, 6.07) is -1.55. The predicted octanol–water partition coefficient (Wildman–Crippen LogP) is -0.665. The first-order valence-corrected chi connectivity index (χ1v) is 7.36. The van der Waals surface area contributed by atoms with Crippen molar-refractivity contribution in [1.29, 1.82) is 0 Å². The maximum atomic E-state index is 10.3. The second-order valence-electron chi connectivity index (χ2n) is 4.85. The van der Waals surface area contributed by atoms with Crippen LogP contribution < -0.4 is 22.3 Å². The van der Waals surface area contributed by atoms with Gasteiger partial charge in [-0.15, -0.1) is 0 Å². The largest absolute Gasteiger partial charge is 0.480 e. The van der Waals surface area contributed by atoms with Crippen molar-refractivity contribution in [3.63, 3.8) is 0 Å². The number of hydroxylamine groups is 1. The molecule has 0 amide bonds. The third-order valence-corrected chi connectivity index (χ3v) is 2.91. The van der Waals surface area contributed by atoms with Gasteiger partial charge in [0.2, 0.25) is 0 Å². The quantitative estimate of drug-likeness (QED) is 0.182. The molecule has 0 aliphatic heterocycles. The van der Waals surface area contributed by atoms with Crippen LogP contribution in [0.5, 0.6) is 0 Å². The van der Waals surface area contributed by atoms with Gasteiger partial charge in [-0.2, -0.15) is 5.48 Å². The summed E-state index contributed by atoms with van der Waals surface area (Å²) in [7, 11) is 1.87. The minimum atomic E-state index is -1.04. The lowest BCUT2D eigenvalue weighted by atomic mass is 10.1. The number of aliphatic carboxylic acids is 2. The van der Waals surface area contributed by atoms with Gasteiger partial charge in [-0.05, 0) is 52.2 Å². The molecule has 0 aliphatic rings. The number of hydrogen-bond donors (Lipinski definition) is 7. The molecule has 0 heterocycles. The molecule has 0 aromatic heterocycles. The van der Waals surface area contributed by atoms with Crippen molar-refractivity contribution in [2.45, 2.75) is 50.6 Å². The van der Waals surface area contributed by atoms with E-state index in [1.165, 1.54) is 0 Å². The smallest absolute Gasteiger partial charge is 0.323 e. The molecule has 0 spiro atoms. The van der Waals surface area contributed by atoms with Crippen LogP contribution >= 0.6 is 0 Å². The molecule has 132 valence electrons. The molecule has 2 atom stereocenters. The van der Waals surface area contributed by atoms with Gasteiger partial charge in [0.05, 0.1) is 0 Å². The lowest BCUT2D eigenvalue weighted by Crippen LogP contribution is -2.34. The average molecular weight is 322 g/mol. The summed E-state index contributed by atoms with van der Waals surface area (Å²) < 4.78 is 0. The monoisotopic (exact) mass is 322 g/mol. The second-order valence-corrected chi connectivity index (χ2v) is 4.85. The number of unbranched alkanes of at least 4 members (excludes halogenated alkanes) is 2. The van der Waals surface area contributed by atoms with Gasteiger partial charge in [0.25, 0.3) is 0 Å². The van der Waals surface area contributed by atoms with Crippen molar-refractivity contribution in [2.24, 2.45) is 11.5 Å². The fourth-order valence-corrected chi connectivity index (χ4v) is 1.53. The molecule has 0 fully saturated rings. The molecule has 0 bridgehead atoms. The van der Waals surface area contributed by atoms with Crippen LogP contribution in [0.4, 0.5) is 0 Å². The molecular formula is C13H30N4O5. The van der Waals surface area contributed by atoms with Crippen molar-refractivity contribution >= 4 is 11.9 Å². The highest BCUT2D eigenvalue weighted by Crippen LogP contribution is 1.99. The zero-order valence-corrected chi connectivity index (χ0v) is 13.1. The Balaban J connectivity index is 0. The number of carboxylic acids is 2. The lowest BCUT2D eigenvalue weighted by molar-refractivity contribution is -0.142. The Morgan fingerprint density at radius 3 is 2.05 bits per heavy atom. The molecule has 0 aromatic carbocycles. The molecule has 0 saturated carbocycles. The van der Waals surface area contributed by atoms with Gasteiger partial charge in [0.1, 0.15) is 12.1 Å². The van der Waals surface area contributed by atoms with E-state index in [4.69, 9.17) is 26.9 Å². The molecule has 0 unspecified atom stereocenters. The van der Waals surface area contributed by atoms with E-state index in [-0.39, 0.29) is 0 Å². The first-order chi connectivity index (χ1) is 10.4. The first-order valence-electron chi connectivity index (χ1n) is 7.36. The highest BCUT2D eigenvalue weighted by molar-refractivity contribution is 5.73. The van der Waals surface area contributed by atoms with Crippen LogP contribution in [0.25, 0.3) is 0 Å². The van der Waals surface area contributed by atoms with Crippen LogP contribution in [0, 0.1) is 0 Å². The fourth-order valence-electron chi connectivity index (χ4n) is 1.53. The third kappa shape index (κ3) is 15.1. The molecule has 9 nitrogen and oxygen atoms in total. The van der Waals surface area contributed by atoms with Gasteiger partial charge in [-0.3, -0.25) is 9.59 Å². The highest BCUT2D eigenvalue weighted by Gasteiger charge is 2.14. The summed E-state index contributed by atoms with van der Waals surface area (Å²) in [5, 5.41) is 28.1. The number of hydrogen-bond acceptors (Lipinski definition) is 7. The topological polar surface area (TPSA) is 171 Å². The Bertz CT molecular complexity index is 292. The van der Waals surface area contributed by atoms with E-state index in [1.807, 2.05) is 7.05 Å². The predicted molar refractivity (Wildman–Crippen MR) is 82.6 cm³/mol. The summed E-state index contributed by atoms with van der Waals surface area (Å²) in [4.78, 5) is 20.5. The Morgan fingerprint density at radius 2 is 1.64 bits per heavy atom. The third-order valence-electron chi connectivity index (χ3n) is 2.91. The number of rotatable bonds is 12. The average Bonchev–Trinajstić information content (AvgIpc) is 2.48. The van der Waals surface area contributed by atoms with Crippen LogP contribution in [-0.2, 0) is 9.59 Å². The molecule has 0 rings (SSSR count). The van der Waals surface area contributed by atoms with Crippen molar-refractivity contribution in [2.75, 3.05) is 20.1 Å². The summed E-state index contributed by atoms with van der Waals surface area (Å²) in [5.74, 6) is -1.95. The van der Waals surface area contributed by atoms with E-state index in [9.17, 15) is 9.59 Å². The fraction of sp³-hybridized carbons (Fsp3) is 0.846. The van der Waals surface area contributed by atoms with Gasteiger partial charge in [-0.1, -0.05) is 6.42 Å². The summed E-state index contributed by atoms with van der Waals surface area (Å²) in [6.45, 7) is 1.48. The highest BCUT2D eigenvalue weighted by atomic mass is 16.5. The maximum Gasteiger partial charge on any atom is 0.323 e. The van der Waals surface area contributed by atoms with Crippen molar-refractivity contribution in [1.82, 2.24) is 10.8 Å². The SMILES string of the molecule is CNCCCC[C@H](N)C(=O)O.NCCCC[C@H](NO)C(=O)O. The number of carboxylic acid groups (broad SMARTS) is 2. The van der Waals surface area contributed by atoms with Gasteiger partial charge < -0.3 is 32.2 Å². The minimum Gasteiger partial charge on any atom is -0.480 e. The lowest BCUT2D eigenvalue weighted by Gasteiger charge is -2.08. The van der Waals surface area contributed by atoms with E-state index in [0.717, 1.165) is 25.8 Å². The number of carbonyl (C=O) groups is 2. The molecule has 0 saturated heterocycles. The molecule has 22 heavy (non-hydrogen) atoms. The van der Waals surface area contributed by atoms with Crippen molar-refractivity contribution in [3.8, 4) is 0 Å². The van der Waals surface area contributed by atoms with Crippen LogP contribution in [0.2, 0.25) is 0 Å². The number of nitrogens with two attached hydrogens (primary N) is 2.